The topological polar surface area (TPSA) is 77.5 Å². The number of amides is 1. The Balaban J connectivity index is 1.68. The largest absolute Gasteiger partial charge is 0.497 e. The van der Waals surface area contributed by atoms with Crippen LogP contribution >= 0.6 is 0 Å². The molecule has 0 spiro atoms. The Kier molecular flexibility index (Phi) is 4.11. The number of hydrogen-bond acceptors (Lipinski definition) is 5. The third-order valence-electron chi connectivity index (χ3n) is 4.45. The molecule has 138 valence electrons. The van der Waals surface area contributed by atoms with Crippen LogP contribution in [0.5, 0.6) is 5.75 Å². The number of oxazole rings is 1. The monoisotopic (exact) mass is 364 g/mol. The summed E-state index contributed by atoms with van der Waals surface area (Å²) >= 11 is 0. The van der Waals surface area contributed by atoms with E-state index in [1.54, 1.807) is 44.4 Å². The second kappa shape index (κ2) is 6.46. The number of nitrogens with one attached hydrogen (secondary N) is 1. The fourth-order valence-electron chi connectivity index (χ4n) is 3.07. The summed E-state index contributed by atoms with van der Waals surface area (Å²) in [5, 5.41) is 3.64. The Hall–Kier alpha value is -3.28. The molecule has 27 heavy (non-hydrogen) atoms. The SMILES string of the molecule is COc1ccc2oc(C)c(C(=O)Nc3ccc4oc(C(C)C)nc4c3)c2c1. The zero-order valence-corrected chi connectivity index (χ0v) is 15.6. The molecule has 0 saturated heterocycles. The van der Waals surface area contributed by atoms with Crippen molar-refractivity contribution in [1.82, 2.24) is 4.98 Å². The molecule has 2 heterocycles. The lowest BCUT2D eigenvalue weighted by atomic mass is 10.1. The number of nitrogens with zero attached hydrogens (tertiary/aromatic N) is 1. The molecule has 0 atom stereocenters. The quantitative estimate of drug-likeness (QED) is 0.534. The van der Waals surface area contributed by atoms with Gasteiger partial charge < -0.3 is 18.9 Å². The summed E-state index contributed by atoms with van der Waals surface area (Å²) in [7, 11) is 1.59. The highest BCUT2D eigenvalue weighted by molar-refractivity contribution is 6.13. The molecule has 1 N–H and O–H groups in total. The molecule has 4 aromatic rings. The first-order chi connectivity index (χ1) is 13.0. The van der Waals surface area contributed by atoms with Crippen molar-refractivity contribution in [1.29, 1.82) is 0 Å². The number of furan rings is 1. The van der Waals surface area contributed by atoms with E-state index < -0.39 is 0 Å². The van der Waals surface area contributed by atoms with Gasteiger partial charge in [-0.3, -0.25) is 4.79 Å². The minimum Gasteiger partial charge on any atom is -0.497 e. The molecule has 0 bridgehead atoms. The number of carbonyl (C=O) groups excluding carboxylic acids is 1. The second-order valence-corrected chi connectivity index (χ2v) is 6.74. The van der Waals surface area contributed by atoms with Crippen LogP contribution in [0.3, 0.4) is 0 Å². The number of anilines is 1. The zero-order chi connectivity index (χ0) is 19.1. The molecule has 1 amide bonds. The fourth-order valence-corrected chi connectivity index (χ4v) is 3.07. The normalized spacial score (nSPS) is 11.4. The first-order valence-electron chi connectivity index (χ1n) is 8.75. The summed E-state index contributed by atoms with van der Waals surface area (Å²) in [6.45, 7) is 5.82. The maximum atomic E-state index is 12.9. The highest BCUT2D eigenvalue weighted by Gasteiger charge is 2.19. The fraction of sp³-hybridized carbons (Fsp3) is 0.238. The molecule has 0 saturated carbocycles. The van der Waals surface area contributed by atoms with E-state index in [4.69, 9.17) is 13.6 Å². The molecule has 4 rings (SSSR count). The van der Waals surface area contributed by atoms with Crippen LogP contribution in [0.2, 0.25) is 0 Å². The van der Waals surface area contributed by atoms with E-state index in [1.165, 1.54) is 0 Å². The molecular weight excluding hydrogens is 344 g/mol. The minimum atomic E-state index is -0.244. The van der Waals surface area contributed by atoms with Crippen molar-refractivity contribution in [3.8, 4) is 5.75 Å². The number of hydrogen-bond donors (Lipinski definition) is 1. The van der Waals surface area contributed by atoms with Crippen molar-refractivity contribution < 1.29 is 18.4 Å². The van der Waals surface area contributed by atoms with Crippen molar-refractivity contribution in [3.05, 3.63) is 53.6 Å². The molecule has 0 aliphatic heterocycles. The average Bonchev–Trinajstić information content (AvgIpc) is 3.20. The summed E-state index contributed by atoms with van der Waals surface area (Å²) < 4.78 is 16.7. The van der Waals surface area contributed by atoms with Crippen LogP contribution in [0.15, 0.2) is 45.2 Å². The van der Waals surface area contributed by atoms with Gasteiger partial charge in [0.15, 0.2) is 11.5 Å². The van der Waals surface area contributed by atoms with Crippen molar-refractivity contribution in [2.45, 2.75) is 26.7 Å². The summed E-state index contributed by atoms with van der Waals surface area (Å²) in [6.07, 6.45) is 0. The minimum absolute atomic E-state index is 0.199. The van der Waals surface area contributed by atoms with Gasteiger partial charge in [-0.2, -0.15) is 0 Å². The van der Waals surface area contributed by atoms with Crippen LogP contribution in [-0.4, -0.2) is 18.0 Å². The molecule has 0 unspecified atom stereocenters. The average molecular weight is 364 g/mol. The Morgan fingerprint density at radius 1 is 1.11 bits per heavy atom. The maximum Gasteiger partial charge on any atom is 0.259 e. The Labute approximate surface area is 156 Å². The van der Waals surface area contributed by atoms with Gasteiger partial charge in [-0.15, -0.1) is 0 Å². The third-order valence-corrected chi connectivity index (χ3v) is 4.45. The summed E-state index contributed by atoms with van der Waals surface area (Å²) in [6, 6.07) is 10.8. The molecule has 2 aromatic carbocycles. The lowest BCUT2D eigenvalue weighted by Crippen LogP contribution is -2.12. The molecular formula is C21H20N2O4. The van der Waals surface area contributed by atoms with Crippen LogP contribution in [-0.2, 0) is 0 Å². The zero-order valence-electron chi connectivity index (χ0n) is 15.6. The van der Waals surface area contributed by atoms with Gasteiger partial charge in [0.2, 0.25) is 0 Å². The van der Waals surface area contributed by atoms with Gasteiger partial charge >= 0.3 is 0 Å². The van der Waals surface area contributed by atoms with Gasteiger partial charge in [0.05, 0.1) is 12.7 Å². The van der Waals surface area contributed by atoms with Crippen LogP contribution in [0, 0.1) is 6.92 Å². The van der Waals surface area contributed by atoms with E-state index in [0.29, 0.717) is 50.7 Å². The van der Waals surface area contributed by atoms with Crippen molar-refractivity contribution in [3.63, 3.8) is 0 Å². The molecule has 6 nitrogen and oxygen atoms in total. The van der Waals surface area contributed by atoms with Gasteiger partial charge in [-0.1, -0.05) is 13.8 Å². The molecule has 2 aromatic heterocycles. The van der Waals surface area contributed by atoms with E-state index in [1.807, 2.05) is 19.9 Å². The van der Waals surface area contributed by atoms with Crippen molar-refractivity contribution in [2.24, 2.45) is 0 Å². The van der Waals surface area contributed by atoms with Crippen LogP contribution in [0.1, 0.15) is 41.8 Å². The van der Waals surface area contributed by atoms with E-state index in [-0.39, 0.29) is 11.8 Å². The van der Waals surface area contributed by atoms with E-state index in [9.17, 15) is 4.79 Å². The third kappa shape index (κ3) is 3.03. The summed E-state index contributed by atoms with van der Waals surface area (Å²) in [5.41, 5.74) is 3.20. The van der Waals surface area contributed by atoms with Gasteiger partial charge in [0.25, 0.3) is 5.91 Å². The first-order valence-corrected chi connectivity index (χ1v) is 8.75. The molecule has 0 aliphatic rings. The van der Waals surface area contributed by atoms with Gasteiger partial charge in [-0.25, -0.2) is 4.98 Å². The summed E-state index contributed by atoms with van der Waals surface area (Å²) in [5.74, 6) is 1.86. The number of methoxy groups -OCH3 is 1. The van der Waals surface area contributed by atoms with E-state index in [0.717, 1.165) is 0 Å². The molecule has 0 radical (unpaired) electrons. The lowest BCUT2D eigenvalue weighted by molar-refractivity contribution is 0.102. The van der Waals surface area contributed by atoms with Crippen molar-refractivity contribution in [2.75, 3.05) is 12.4 Å². The molecule has 6 heteroatoms. The van der Waals surface area contributed by atoms with Gasteiger partial charge in [0, 0.05) is 17.0 Å². The summed E-state index contributed by atoms with van der Waals surface area (Å²) in [4.78, 5) is 17.4. The highest BCUT2D eigenvalue weighted by Crippen LogP contribution is 2.30. The standard InChI is InChI=1S/C21H20N2O4/c1-11(2)21-23-16-9-13(5-7-18(16)27-21)22-20(24)19-12(3)26-17-8-6-14(25-4)10-15(17)19/h5-11H,1-4H3,(H,22,24). The number of rotatable bonds is 4. The number of fused-ring (bicyclic) bond motifs is 2. The number of carbonyl (C=O) groups is 1. The van der Waals surface area contributed by atoms with E-state index in [2.05, 4.69) is 10.3 Å². The van der Waals surface area contributed by atoms with Gasteiger partial charge in [0.1, 0.15) is 22.6 Å². The first kappa shape index (κ1) is 17.1. The predicted molar refractivity (Wildman–Crippen MR) is 104 cm³/mol. The Morgan fingerprint density at radius 3 is 2.63 bits per heavy atom. The molecule has 0 fully saturated rings. The Morgan fingerprint density at radius 2 is 1.89 bits per heavy atom. The number of benzene rings is 2. The van der Waals surface area contributed by atoms with Crippen LogP contribution in [0.4, 0.5) is 5.69 Å². The number of aryl methyl sites for hydroxylation is 1. The Bertz CT molecular complexity index is 1150. The maximum absolute atomic E-state index is 12.9. The van der Waals surface area contributed by atoms with Gasteiger partial charge in [-0.05, 0) is 43.3 Å². The van der Waals surface area contributed by atoms with E-state index >= 15 is 0 Å². The smallest absolute Gasteiger partial charge is 0.259 e. The number of ether oxygens (including phenoxy) is 1. The molecule has 0 aliphatic carbocycles. The second-order valence-electron chi connectivity index (χ2n) is 6.74. The van der Waals surface area contributed by atoms with Crippen LogP contribution in [0.25, 0.3) is 22.1 Å². The van der Waals surface area contributed by atoms with Crippen molar-refractivity contribution >= 4 is 33.7 Å². The van der Waals surface area contributed by atoms with Crippen LogP contribution < -0.4 is 10.1 Å². The number of aromatic nitrogens is 1. The predicted octanol–water partition coefficient (Wildman–Crippen LogP) is 5.27. The lowest BCUT2D eigenvalue weighted by Gasteiger charge is -2.05. The highest BCUT2D eigenvalue weighted by atomic mass is 16.5.